The van der Waals surface area contributed by atoms with Crippen molar-refractivity contribution in [2.24, 2.45) is 5.92 Å². The van der Waals surface area contributed by atoms with Gasteiger partial charge in [-0.05, 0) is 42.5 Å². The Hall–Kier alpha value is -0.340. The molecule has 1 aliphatic heterocycles. The lowest BCUT2D eigenvalue weighted by Gasteiger charge is -2.28. The first kappa shape index (κ1) is 10.2. The molecule has 1 N–H and O–H groups in total. The molecule has 0 saturated carbocycles. The van der Waals surface area contributed by atoms with Crippen LogP contribution in [0.3, 0.4) is 0 Å². The normalized spacial score (nSPS) is 27.6. The van der Waals surface area contributed by atoms with Gasteiger partial charge in [0.1, 0.15) is 0 Å². The van der Waals surface area contributed by atoms with E-state index in [1.54, 1.807) is 0 Å². The molecule has 2 atom stereocenters. The average Bonchev–Trinajstić information content (AvgIpc) is 2.19. The number of halogens is 1. The van der Waals surface area contributed by atoms with Gasteiger partial charge in [-0.1, -0.05) is 35.0 Å². The summed E-state index contributed by atoms with van der Waals surface area (Å²) in [6.45, 7) is 4.62. The van der Waals surface area contributed by atoms with E-state index in [1.165, 1.54) is 18.5 Å². The predicted molar refractivity (Wildman–Crippen MR) is 63.5 cm³/mol. The number of nitrogens with one attached hydrogen (secondary N) is 1. The second kappa shape index (κ2) is 4.45. The SMILES string of the molecule is CC1CNCC(c2ccc(Br)cc2)C1. The summed E-state index contributed by atoms with van der Waals surface area (Å²) in [5.41, 5.74) is 1.47. The maximum absolute atomic E-state index is 3.49. The molecule has 0 bridgehead atoms. The van der Waals surface area contributed by atoms with Crippen LogP contribution in [0.15, 0.2) is 28.7 Å². The van der Waals surface area contributed by atoms with Crippen LogP contribution in [-0.4, -0.2) is 13.1 Å². The lowest BCUT2D eigenvalue weighted by Crippen LogP contribution is -2.33. The van der Waals surface area contributed by atoms with Crippen molar-refractivity contribution in [3.8, 4) is 0 Å². The van der Waals surface area contributed by atoms with Crippen LogP contribution in [0.1, 0.15) is 24.8 Å². The number of rotatable bonds is 1. The maximum atomic E-state index is 3.49. The molecule has 2 rings (SSSR count). The predicted octanol–water partition coefficient (Wildman–Crippen LogP) is 3.16. The van der Waals surface area contributed by atoms with Crippen molar-refractivity contribution >= 4 is 15.9 Å². The van der Waals surface area contributed by atoms with E-state index < -0.39 is 0 Å². The minimum absolute atomic E-state index is 0.701. The van der Waals surface area contributed by atoms with Gasteiger partial charge in [-0.25, -0.2) is 0 Å². The first-order valence-electron chi connectivity index (χ1n) is 5.22. The highest BCUT2D eigenvalue weighted by Crippen LogP contribution is 2.26. The Balaban J connectivity index is 2.10. The van der Waals surface area contributed by atoms with Crippen molar-refractivity contribution in [2.75, 3.05) is 13.1 Å². The molecular formula is C12H16BrN. The topological polar surface area (TPSA) is 12.0 Å². The van der Waals surface area contributed by atoms with Gasteiger partial charge in [0.25, 0.3) is 0 Å². The van der Waals surface area contributed by atoms with Crippen LogP contribution in [0.25, 0.3) is 0 Å². The zero-order valence-electron chi connectivity index (χ0n) is 8.46. The number of hydrogen-bond donors (Lipinski definition) is 1. The van der Waals surface area contributed by atoms with E-state index in [9.17, 15) is 0 Å². The summed E-state index contributed by atoms with van der Waals surface area (Å²) in [7, 11) is 0. The van der Waals surface area contributed by atoms with Crippen molar-refractivity contribution in [2.45, 2.75) is 19.3 Å². The Kier molecular flexibility index (Phi) is 3.24. The van der Waals surface area contributed by atoms with E-state index in [1.807, 2.05) is 0 Å². The lowest BCUT2D eigenvalue weighted by molar-refractivity contribution is 0.364. The van der Waals surface area contributed by atoms with Crippen molar-refractivity contribution in [1.82, 2.24) is 5.32 Å². The summed E-state index contributed by atoms with van der Waals surface area (Å²) >= 11 is 3.47. The molecule has 0 radical (unpaired) electrons. The summed E-state index contributed by atoms with van der Waals surface area (Å²) in [6.07, 6.45) is 1.31. The molecular weight excluding hydrogens is 238 g/mol. The van der Waals surface area contributed by atoms with Crippen LogP contribution in [0.5, 0.6) is 0 Å². The van der Waals surface area contributed by atoms with Gasteiger partial charge in [0.05, 0.1) is 0 Å². The molecule has 1 aliphatic rings. The second-order valence-corrected chi connectivity index (χ2v) is 5.16. The molecule has 1 heterocycles. The van der Waals surface area contributed by atoms with Gasteiger partial charge in [0, 0.05) is 11.0 Å². The van der Waals surface area contributed by atoms with E-state index in [2.05, 4.69) is 52.4 Å². The standard InChI is InChI=1S/C12H16BrN/c1-9-6-11(8-14-7-9)10-2-4-12(13)5-3-10/h2-5,9,11,14H,6-8H2,1H3. The quantitative estimate of drug-likeness (QED) is 0.811. The summed E-state index contributed by atoms with van der Waals surface area (Å²) in [5, 5.41) is 3.49. The number of piperidine rings is 1. The third kappa shape index (κ3) is 2.37. The van der Waals surface area contributed by atoms with Crippen LogP contribution < -0.4 is 5.32 Å². The van der Waals surface area contributed by atoms with Crippen LogP contribution in [-0.2, 0) is 0 Å². The van der Waals surface area contributed by atoms with Crippen molar-refractivity contribution in [3.63, 3.8) is 0 Å². The van der Waals surface area contributed by atoms with Crippen molar-refractivity contribution < 1.29 is 0 Å². The van der Waals surface area contributed by atoms with Crippen LogP contribution in [0, 0.1) is 5.92 Å². The Bertz CT molecular complexity index is 294. The summed E-state index contributed by atoms with van der Waals surface area (Å²) in [6, 6.07) is 8.73. The molecule has 2 heteroatoms. The van der Waals surface area contributed by atoms with Crippen LogP contribution in [0.4, 0.5) is 0 Å². The molecule has 76 valence electrons. The largest absolute Gasteiger partial charge is 0.316 e. The zero-order chi connectivity index (χ0) is 9.97. The minimum atomic E-state index is 0.701. The average molecular weight is 254 g/mol. The van der Waals surface area contributed by atoms with E-state index in [4.69, 9.17) is 0 Å². The monoisotopic (exact) mass is 253 g/mol. The molecule has 0 aliphatic carbocycles. The highest BCUT2D eigenvalue weighted by atomic mass is 79.9. The van der Waals surface area contributed by atoms with Gasteiger partial charge in [0.15, 0.2) is 0 Å². The van der Waals surface area contributed by atoms with E-state index in [0.29, 0.717) is 5.92 Å². The molecule has 0 aromatic heterocycles. The summed E-state index contributed by atoms with van der Waals surface area (Å²) < 4.78 is 1.16. The first-order valence-corrected chi connectivity index (χ1v) is 6.01. The number of hydrogen-bond acceptors (Lipinski definition) is 1. The molecule has 1 aromatic rings. The second-order valence-electron chi connectivity index (χ2n) is 4.25. The molecule has 14 heavy (non-hydrogen) atoms. The molecule has 2 unspecified atom stereocenters. The van der Waals surface area contributed by atoms with E-state index >= 15 is 0 Å². The fraction of sp³-hybridized carbons (Fsp3) is 0.500. The Morgan fingerprint density at radius 2 is 1.93 bits per heavy atom. The van der Waals surface area contributed by atoms with Crippen LogP contribution >= 0.6 is 15.9 Å². The smallest absolute Gasteiger partial charge is 0.0175 e. The molecule has 1 nitrogen and oxygen atoms in total. The fourth-order valence-corrected chi connectivity index (χ4v) is 2.41. The van der Waals surface area contributed by atoms with Gasteiger partial charge < -0.3 is 5.32 Å². The van der Waals surface area contributed by atoms with Gasteiger partial charge in [-0.3, -0.25) is 0 Å². The van der Waals surface area contributed by atoms with E-state index in [0.717, 1.165) is 16.9 Å². The summed E-state index contributed by atoms with van der Waals surface area (Å²) in [5.74, 6) is 1.50. The molecule has 0 spiro atoms. The van der Waals surface area contributed by atoms with Crippen LogP contribution in [0.2, 0.25) is 0 Å². The lowest BCUT2D eigenvalue weighted by atomic mass is 9.87. The third-order valence-corrected chi connectivity index (χ3v) is 3.44. The van der Waals surface area contributed by atoms with Gasteiger partial charge >= 0.3 is 0 Å². The van der Waals surface area contributed by atoms with Crippen molar-refractivity contribution in [1.29, 1.82) is 0 Å². The fourth-order valence-electron chi connectivity index (χ4n) is 2.15. The van der Waals surface area contributed by atoms with Gasteiger partial charge in [0.2, 0.25) is 0 Å². The molecule has 1 aromatic carbocycles. The highest BCUT2D eigenvalue weighted by Gasteiger charge is 2.19. The van der Waals surface area contributed by atoms with Crippen molar-refractivity contribution in [3.05, 3.63) is 34.3 Å². The third-order valence-electron chi connectivity index (χ3n) is 2.91. The molecule has 1 fully saturated rings. The maximum Gasteiger partial charge on any atom is 0.0175 e. The molecule has 0 amide bonds. The Labute approximate surface area is 94.0 Å². The van der Waals surface area contributed by atoms with Gasteiger partial charge in [-0.2, -0.15) is 0 Å². The minimum Gasteiger partial charge on any atom is -0.316 e. The highest BCUT2D eigenvalue weighted by molar-refractivity contribution is 9.10. The Morgan fingerprint density at radius 1 is 1.21 bits per heavy atom. The zero-order valence-corrected chi connectivity index (χ0v) is 10.0. The number of benzene rings is 1. The first-order chi connectivity index (χ1) is 6.75. The van der Waals surface area contributed by atoms with Gasteiger partial charge in [-0.15, -0.1) is 0 Å². The molecule has 1 saturated heterocycles. The van der Waals surface area contributed by atoms with E-state index in [-0.39, 0.29) is 0 Å². The Morgan fingerprint density at radius 3 is 2.57 bits per heavy atom. The summed E-state index contributed by atoms with van der Waals surface area (Å²) in [4.78, 5) is 0.